The Labute approximate surface area is 235 Å². The number of carbonyl (C=O) groups is 3. The SMILES string of the molecule is CCN(CC)c1ccc(C2C3C(=O)CC(c4ccc(OC(C)=O)cc4)CC3=Nc3ccccc3N2C(C)=O)cc1. The second kappa shape index (κ2) is 11.5. The maximum Gasteiger partial charge on any atom is 0.308 e. The van der Waals surface area contributed by atoms with Crippen LogP contribution in [0.25, 0.3) is 0 Å². The van der Waals surface area contributed by atoms with E-state index < -0.39 is 12.0 Å². The van der Waals surface area contributed by atoms with Crippen LogP contribution in [0.3, 0.4) is 0 Å². The van der Waals surface area contributed by atoms with Crippen molar-refractivity contribution in [3.05, 3.63) is 83.9 Å². The standard InChI is InChI=1S/C33H35N3O4/c1-5-35(6-2)26-15-11-24(12-16-26)33-32-29(34-28-9-7-8-10-30(28)36(33)21(3)37)19-25(20-31(32)39)23-13-17-27(18-14-23)40-22(4)38/h7-18,25,32-33H,5-6,19-20H2,1-4H3. The first-order valence-corrected chi connectivity index (χ1v) is 13.9. The summed E-state index contributed by atoms with van der Waals surface area (Å²) < 4.78 is 5.18. The molecule has 0 spiro atoms. The Bertz CT molecular complexity index is 1440. The molecule has 1 aliphatic heterocycles. The zero-order chi connectivity index (χ0) is 28.4. The van der Waals surface area contributed by atoms with E-state index in [0.29, 0.717) is 30.0 Å². The van der Waals surface area contributed by atoms with Crippen LogP contribution < -0.4 is 14.5 Å². The third-order valence-electron chi connectivity index (χ3n) is 7.92. The van der Waals surface area contributed by atoms with Crippen LogP contribution in [-0.4, -0.2) is 36.5 Å². The van der Waals surface area contributed by atoms with E-state index in [0.717, 1.165) is 35.6 Å². The number of anilines is 2. The number of nitrogens with zero attached hydrogens (tertiary/aromatic N) is 3. The van der Waals surface area contributed by atoms with Gasteiger partial charge >= 0.3 is 5.97 Å². The molecule has 0 N–H and O–H groups in total. The number of hydrogen-bond acceptors (Lipinski definition) is 6. The highest BCUT2D eigenvalue weighted by atomic mass is 16.5. The largest absolute Gasteiger partial charge is 0.427 e. The predicted molar refractivity (Wildman–Crippen MR) is 158 cm³/mol. The molecular weight excluding hydrogens is 502 g/mol. The molecule has 3 unspecified atom stereocenters. The normalized spacial score (nSPS) is 20.1. The van der Waals surface area contributed by atoms with Crippen molar-refractivity contribution in [2.75, 3.05) is 22.9 Å². The van der Waals surface area contributed by atoms with Gasteiger partial charge < -0.3 is 14.5 Å². The molecule has 0 saturated heterocycles. The highest BCUT2D eigenvalue weighted by Crippen LogP contribution is 2.47. The Morgan fingerprint density at radius 2 is 1.55 bits per heavy atom. The molecule has 0 aromatic heterocycles. The lowest BCUT2D eigenvalue weighted by Crippen LogP contribution is -2.45. The topological polar surface area (TPSA) is 79.3 Å². The summed E-state index contributed by atoms with van der Waals surface area (Å²) in [4.78, 5) is 47.7. The van der Waals surface area contributed by atoms with Crippen LogP contribution in [0.15, 0.2) is 77.8 Å². The van der Waals surface area contributed by atoms with Crippen molar-refractivity contribution < 1.29 is 19.1 Å². The van der Waals surface area contributed by atoms with Gasteiger partial charge in [0.05, 0.1) is 23.3 Å². The molecule has 1 aliphatic carbocycles. The molecule has 0 bridgehead atoms. The molecule has 0 radical (unpaired) electrons. The van der Waals surface area contributed by atoms with E-state index in [2.05, 4.69) is 30.9 Å². The number of aliphatic imine (C=N–C) groups is 1. The van der Waals surface area contributed by atoms with E-state index in [-0.39, 0.29) is 23.6 Å². The highest BCUT2D eigenvalue weighted by Gasteiger charge is 2.45. The fraction of sp³-hybridized carbons (Fsp3) is 0.333. The summed E-state index contributed by atoms with van der Waals surface area (Å²) in [6.07, 6.45) is 0.935. The third kappa shape index (κ3) is 5.28. The maximum atomic E-state index is 14.1. The van der Waals surface area contributed by atoms with E-state index in [4.69, 9.17) is 9.73 Å². The summed E-state index contributed by atoms with van der Waals surface area (Å²) in [5, 5.41) is 0. The Balaban J connectivity index is 1.57. The summed E-state index contributed by atoms with van der Waals surface area (Å²) in [6.45, 7) is 8.97. The summed E-state index contributed by atoms with van der Waals surface area (Å²) in [7, 11) is 0. The van der Waals surface area contributed by atoms with Crippen molar-refractivity contribution in [2.24, 2.45) is 10.9 Å². The average molecular weight is 538 g/mol. The van der Waals surface area contributed by atoms with E-state index in [1.807, 2.05) is 48.5 Å². The van der Waals surface area contributed by atoms with Gasteiger partial charge in [0.1, 0.15) is 11.5 Å². The van der Waals surface area contributed by atoms with Crippen molar-refractivity contribution in [3.8, 4) is 5.75 Å². The van der Waals surface area contributed by atoms with Gasteiger partial charge in [0.2, 0.25) is 5.91 Å². The number of ether oxygens (including phenoxy) is 1. The van der Waals surface area contributed by atoms with Gasteiger partial charge in [-0.3, -0.25) is 19.4 Å². The molecule has 3 atom stereocenters. The fourth-order valence-corrected chi connectivity index (χ4v) is 6.08. The van der Waals surface area contributed by atoms with E-state index >= 15 is 0 Å². The van der Waals surface area contributed by atoms with Gasteiger partial charge in [0, 0.05) is 44.8 Å². The molecule has 1 fully saturated rings. The number of carbonyl (C=O) groups excluding carboxylic acids is 3. The zero-order valence-corrected chi connectivity index (χ0v) is 23.5. The average Bonchev–Trinajstić information content (AvgIpc) is 3.09. The lowest BCUT2D eigenvalue weighted by atomic mass is 9.72. The molecule has 7 heteroatoms. The Hall–Kier alpha value is -4.26. The lowest BCUT2D eigenvalue weighted by Gasteiger charge is -2.38. The smallest absolute Gasteiger partial charge is 0.308 e. The molecular formula is C33H35N3O4. The van der Waals surface area contributed by atoms with Crippen LogP contribution >= 0.6 is 0 Å². The molecule has 206 valence electrons. The maximum absolute atomic E-state index is 14.1. The number of esters is 1. The van der Waals surface area contributed by atoms with Crippen molar-refractivity contribution in [2.45, 2.75) is 52.5 Å². The van der Waals surface area contributed by atoms with Crippen LogP contribution in [0.5, 0.6) is 5.75 Å². The monoisotopic (exact) mass is 537 g/mol. The molecule has 3 aromatic rings. The van der Waals surface area contributed by atoms with Crippen LogP contribution in [0.4, 0.5) is 17.1 Å². The number of fused-ring (bicyclic) bond motifs is 2. The molecule has 2 aliphatic rings. The minimum absolute atomic E-state index is 0.0596. The predicted octanol–water partition coefficient (Wildman–Crippen LogP) is 6.40. The molecule has 3 aromatic carbocycles. The summed E-state index contributed by atoms with van der Waals surface area (Å²) >= 11 is 0. The van der Waals surface area contributed by atoms with Crippen molar-refractivity contribution in [1.82, 2.24) is 0 Å². The van der Waals surface area contributed by atoms with Crippen LogP contribution in [0, 0.1) is 5.92 Å². The first-order chi connectivity index (χ1) is 19.3. The van der Waals surface area contributed by atoms with Gasteiger partial charge in [0.25, 0.3) is 0 Å². The van der Waals surface area contributed by atoms with E-state index in [9.17, 15) is 14.4 Å². The lowest BCUT2D eigenvalue weighted by molar-refractivity contribution is -0.132. The second-order valence-corrected chi connectivity index (χ2v) is 10.4. The van der Waals surface area contributed by atoms with Gasteiger partial charge in [-0.15, -0.1) is 0 Å². The minimum Gasteiger partial charge on any atom is -0.427 e. The quantitative estimate of drug-likeness (QED) is 0.269. The first kappa shape index (κ1) is 27.3. The zero-order valence-electron chi connectivity index (χ0n) is 23.5. The number of rotatable bonds is 6. The van der Waals surface area contributed by atoms with Crippen LogP contribution in [-0.2, 0) is 14.4 Å². The van der Waals surface area contributed by atoms with Gasteiger partial charge in [0.15, 0.2) is 0 Å². The molecule has 7 nitrogen and oxygen atoms in total. The van der Waals surface area contributed by atoms with Crippen molar-refractivity contribution in [3.63, 3.8) is 0 Å². The summed E-state index contributed by atoms with van der Waals surface area (Å²) in [5.41, 5.74) is 5.21. The molecule has 1 amide bonds. The Morgan fingerprint density at radius 1 is 0.900 bits per heavy atom. The number of hydrogen-bond donors (Lipinski definition) is 0. The molecule has 40 heavy (non-hydrogen) atoms. The molecule has 1 saturated carbocycles. The minimum atomic E-state index is -0.549. The third-order valence-corrected chi connectivity index (χ3v) is 7.92. The summed E-state index contributed by atoms with van der Waals surface area (Å²) in [5.74, 6) is -0.570. The Morgan fingerprint density at radius 3 is 2.17 bits per heavy atom. The second-order valence-electron chi connectivity index (χ2n) is 10.4. The molecule has 5 rings (SSSR count). The van der Waals surface area contributed by atoms with Crippen molar-refractivity contribution >= 4 is 40.4 Å². The number of para-hydroxylation sites is 2. The number of benzene rings is 3. The van der Waals surface area contributed by atoms with Gasteiger partial charge in [-0.25, -0.2) is 0 Å². The van der Waals surface area contributed by atoms with Crippen molar-refractivity contribution in [1.29, 1.82) is 0 Å². The van der Waals surface area contributed by atoms with Crippen LogP contribution in [0.2, 0.25) is 0 Å². The van der Waals surface area contributed by atoms with Gasteiger partial charge in [-0.1, -0.05) is 36.4 Å². The van der Waals surface area contributed by atoms with Gasteiger partial charge in [-0.05, 0) is 73.7 Å². The van der Waals surface area contributed by atoms with E-state index in [1.165, 1.54) is 6.92 Å². The number of ketones is 1. The summed E-state index contributed by atoms with van der Waals surface area (Å²) in [6, 6.07) is 22.7. The van der Waals surface area contributed by atoms with Crippen LogP contribution in [0.1, 0.15) is 63.6 Å². The Kier molecular flexibility index (Phi) is 7.83. The van der Waals surface area contributed by atoms with Gasteiger partial charge in [-0.2, -0.15) is 0 Å². The van der Waals surface area contributed by atoms with E-state index in [1.54, 1.807) is 24.0 Å². The fourth-order valence-electron chi connectivity index (χ4n) is 6.08. The molecule has 1 heterocycles. The highest BCUT2D eigenvalue weighted by molar-refractivity contribution is 6.13. The number of amides is 1. The number of Topliss-reactive ketones (excluding diaryl/α,β-unsaturated/α-hetero) is 1. The first-order valence-electron chi connectivity index (χ1n) is 13.9.